The van der Waals surface area contributed by atoms with Gasteiger partial charge in [-0.25, -0.2) is 29.4 Å². The lowest BCUT2D eigenvalue weighted by Crippen LogP contribution is -2.30. The Bertz CT molecular complexity index is 1040. The highest BCUT2D eigenvalue weighted by molar-refractivity contribution is 8.33. The number of amides is 1. The molecule has 0 aliphatic rings. The summed E-state index contributed by atoms with van der Waals surface area (Å²) in [5.74, 6) is 3.32. The molecule has 2 aromatic rings. The summed E-state index contributed by atoms with van der Waals surface area (Å²) in [5, 5.41) is 12.6. The Morgan fingerprint density at radius 3 is 2.56 bits per heavy atom. The second-order valence-electron chi connectivity index (χ2n) is 8.45. The van der Waals surface area contributed by atoms with Crippen molar-refractivity contribution in [1.82, 2.24) is 15.0 Å². The van der Waals surface area contributed by atoms with Crippen molar-refractivity contribution in [3.63, 3.8) is 0 Å². The Kier molecular flexibility index (Phi) is 11.6. The van der Waals surface area contributed by atoms with Gasteiger partial charge in [-0.3, -0.25) is 4.79 Å². The number of nitrogens with one attached hydrogen (secondary N) is 1. The number of carbonyl (C=O) groups is 1. The fraction of sp³-hybridized carbons (Fsp3) is 0.520. The van der Waals surface area contributed by atoms with E-state index >= 15 is 0 Å². The lowest BCUT2D eigenvalue weighted by atomic mass is 9.95. The van der Waals surface area contributed by atoms with Crippen LogP contribution < -0.4 is 11.1 Å². The van der Waals surface area contributed by atoms with Gasteiger partial charge < -0.3 is 20.9 Å². The molecule has 4 N–H and O–H groups in total. The van der Waals surface area contributed by atoms with Crippen molar-refractivity contribution in [2.45, 2.75) is 51.3 Å². The van der Waals surface area contributed by atoms with E-state index in [1.54, 1.807) is 6.07 Å². The molecule has 0 aliphatic carbocycles. The van der Waals surface area contributed by atoms with E-state index in [4.69, 9.17) is 20.6 Å². The molecule has 0 radical (unpaired) electrons. The maximum atomic E-state index is 13.6. The van der Waals surface area contributed by atoms with Gasteiger partial charge in [-0.1, -0.05) is 44.7 Å². The Balaban J connectivity index is 2.42. The molecule has 0 fully saturated rings. The average Bonchev–Trinajstić information content (AvgIpc) is 2.89. The molecule has 36 heavy (non-hydrogen) atoms. The number of rotatable bonds is 15. The van der Waals surface area contributed by atoms with Gasteiger partial charge in [0.1, 0.15) is 28.6 Å². The molecule has 0 bridgehead atoms. The number of halogens is 1. The van der Waals surface area contributed by atoms with E-state index in [0.717, 1.165) is 17.3 Å². The number of thioether (sulfide) groups is 1. The number of aliphatic hydroxyl groups excluding tert-OH is 1. The number of hydrogen-bond acceptors (Lipinski definition) is 8. The van der Waals surface area contributed by atoms with Crippen LogP contribution in [0.4, 0.5) is 16.0 Å². The van der Waals surface area contributed by atoms with E-state index in [0.29, 0.717) is 35.4 Å². The molecule has 0 spiro atoms. The van der Waals surface area contributed by atoms with Crippen LogP contribution in [0.25, 0.3) is 0 Å². The summed E-state index contributed by atoms with van der Waals surface area (Å²) in [6.07, 6.45) is 5.46. The predicted molar refractivity (Wildman–Crippen MR) is 148 cm³/mol. The van der Waals surface area contributed by atoms with Crippen LogP contribution >= 0.6 is 21.8 Å². The van der Waals surface area contributed by atoms with E-state index in [9.17, 15) is 9.18 Å². The monoisotopic (exact) mass is 539 g/mol. The lowest BCUT2D eigenvalue weighted by molar-refractivity contribution is -0.0193. The molecule has 200 valence electrons. The number of pyridine rings is 1. The Morgan fingerprint density at radius 2 is 1.97 bits per heavy atom. The minimum absolute atomic E-state index is 0.158. The molecule has 2 rings (SSSR count). The smallest absolute Gasteiger partial charge is 0.254 e. The summed E-state index contributed by atoms with van der Waals surface area (Å²) in [6.45, 7) is 7.94. The number of hydrogen-bond donors (Lipinski definition) is 3. The van der Waals surface area contributed by atoms with Gasteiger partial charge >= 0.3 is 0 Å². The molecule has 11 heteroatoms. The van der Waals surface area contributed by atoms with Gasteiger partial charge in [0.25, 0.3) is 5.91 Å². The van der Waals surface area contributed by atoms with Crippen LogP contribution in [0.15, 0.2) is 41.5 Å². The van der Waals surface area contributed by atoms with Crippen LogP contribution in [0.1, 0.15) is 56.6 Å². The highest BCUT2D eigenvalue weighted by atomic mass is 32.3. The number of aromatic nitrogens is 3. The van der Waals surface area contributed by atoms with E-state index in [-0.39, 0.29) is 11.4 Å². The van der Waals surface area contributed by atoms with E-state index in [1.807, 2.05) is 25.3 Å². The average molecular weight is 540 g/mol. The molecular weight excluding hydrogens is 501 g/mol. The van der Waals surface area contributed by atoms with Crippen LogP contribution in [-0.2, 0) is 10.3 Å². The third kappa shape index (κ3) is 7.89. The zero-order valence-corrected chi connectivity index (χ0v) is 23.3. The summed E-state index contributed by atoms with van der Waals surface area (Å²) < 4.78 is 20.2. The fourth-order valence-corrected chi connectivity index (χ4v) is 6.20. The summed E-state index contributed by atoms with van der Waals surface area (Å²) in [6, 6.07) is 5.48. The number of ether oxygens (including phenoxy) is 1. The largest absolute Gasteiger partial charge is 0.389 e. The first kappa shape index (κ1) is 30.0. The Morgan fingerprint density at radius 1 is 1.28 bits per heavy atom. The number of aliphatic hydroxyl groups is 1. The number of carbonyl (C=O) groups excluding carboxylic acids is 1. The van der Waals surface area contributed by atoms with Crippen molar-refractivity contribution < 1.29 is 19.0 Å². The first-order valence-corrected chi connectivity index (χ1v) is 15.5. The third-order valence-electron chi connectivity index (χ3n) is 6.35. The van der Waals surface area contributed by atoms with E-state index in [2.05, 4.69) is 36.1 Å². The van der Waals surface area contributed by atoms with Gasteiger partial charge in [-0.05, 0) is 55.4 Å². The summed E-state index contributed by atoms with van der Waals surface area (Å²) in [5.41, 5.74) is 5.54. The minimum atomic E-state index is -0.945. The van der Waals surface area contributed by atoms with Crippen molar-refractivity contribution in [1.29, 1.82) is 0 Å². The molecule has 2 aromatic heterocycles. The first-order valence-electron chi connectivity index (χ1n) is 11.9. The van der Waals surface area contributed by atoms with Gasteiger partial charge in [-0.2, -0.15) is 0 Å². The zero-order chi connectivity index (χ0) is 26.8. The maximum Gasteiger partial charge on any atom is 0.254 e. The van der Waals surface area contributed by atoms with Gasteiger partial charge in [0.05, 0.1) is 18.2 Å². The Hall–Kier alpha value is -2.21. The topological polar surface area (TPSA) is 123 Å². The second-order valence-corrected chi connectivity index (χ2v) is 13.6. The van der Waals surface area contributed by atoms with Crippen molar-refractivity contribution in [3.05, 3.63) is 47.6 Å². The molecule has 0 saturated heterocycles. The molecule has 0 saturated carbocycles. The van der Waals surface area contributed by atoms with E-state index < -0.39 is 34.0 Å². The second kappa shape index (κ2) is 13.9. The van der Waals surface area contributed by atoms with Gasteiger partial charge in [0.15, 0.2) is 5.16 Å². The number of primary amides is 1. The highest BCUT2D eigenvalue weighted by Gasteiger charge is 2.32. The quantitative estimate of drug-likeness (QED) is 0.211. The summed E-state index contributed by atoms with van der Waals surface area (Å²) >= 11 is 1.34. The van der Waals surface area contributed by atoms with Crippen molar-refractivity contribution in [2.75, 3.05) is 41.4 Å². The summed E-state index contributed by atoms with van der Waals surface area (Å²) in [4.78, 5) is 25.2. The summed E-state index contributed by atoms with van der Waals surface area (Å²) in [7, 11) is -0.945. The van der Waals surface area contributed by atoms with Gasteiger partial charge in [0, 0.05) is 6.20 Å². The van der Waals surface area contributed by atoms with Crippen LogP contribution in [0.5, 0.6) is 0 Å². The van der Waals surface area contributed by atoms with Crippen molar-refractivity contribution in [2.24, 2.45) is 5.73 Å². The molecular formula is C25H38FN5O3S2. The predicted octanol–water partition coefficient (Wildman–Crippen LogP) is 5.12. The minimum Gasteiger partial charge on any atom is -0.389 e. The van der Waals surface area contributed by atoms with Crippen LogP contribution in [-0.4, -0.2) is 62.0 Å². The molecule has 1 amide bonds. The SMILES string of the molecule is CCS(CC)(CC)COC(C)(CC/C=C(/F)CO)c1cccc(Nc2nc(SC)ncc2C(N)=O)n1. The fourth-order valence-electron chi connectivity index (χ4n) is 3.62. The normalized spacial score (nSPS) is 14.4. The van der Waals surface area contributed by atoms with Gasteiger partial charge in [0.2, 0.25) is 0 Å². The van der Waals surface area contributed by atoms with Crippen LogP contribution in [0, 0.1) is 0 Å². The van der Waals surface area contributed by atoms with Crippen molar-refractivity contribution in [3.8, 4) is 0 Å². The number of allylic oxidation sites excluding steroid dienone is 1. The molecule has 1 unspecified atom stereocenters. The lowest BCUT2D eigenvalue weighted by Gasteiger charge is -2.41. The molecule has 8 nitrogen and oxygen atoms in total. The van der Waals surface area contributed by atoms with Crippen LogP contribution in [0.3, 0.4) is 0 Å². The number of anilines is 2. The van der Waals surface area contributed by atoms with Crippen LogP contribution in [0.2, 0.25) is 0 Å². The Labute approximate surface area is 219 Å². The number of nitrogens with zero attached hydrogens (tertiary/aromatic N) is 3. The highest BCUT2D eigenvalue weighted by Crippen LogP contribution is 2.48. The standard InChI is InChI=1S/C25H38FN5O3S2/c1-6-36(7-2,8-3)17-34-25(4,14-10-11-18(26)16-32)20-12-9-13-21(29-20)30-23-19(22(27)33)15-28-24(31-23)35-5/h9,11-13,15,32H,6-8,10,14,16-17H2,1-5H3,(H2,27,33)(H,28,29,30,31)/b18-11+. The zero-order valence-electron chi connectivity index (χ0n) is 21.7. The molecule has 0 aliphatic heterocycles. The molecule has 1 atom stereocenters. The van der Waals surface area contributed by atoms with E-state index in [1.165, 1.54) is 24.0 Å². The van der Waals surface area contributed by atoms with Gasteiger partial charge in [-0.15, -0.1) is 0 Å². The van der Waals surface area contributed by atoms with Crippen molar-refractivity contribution >= 4 is 39.3 Å². The molecule has 0 aromatic carbocycles. The first-order chi connectivity index (χ1) is 17.2. The number of nitrogens with two attached hydrogens (primary N) is 1. The third-order valence-corrected chi connectivity index (χ3v) is 11.2. The maximum absolute atomic E-state index is 13.6. The molecule has 2 heterocycles.